The van der Waals surface area contributed by atoms with E-state index >= 15 is 0 Å². The molecule has 1 unspecified atom stereocenters. The summed E-state index contributed by atoms with van der Waals surface area (Å²) in [6.45, 7) is 4.37. The molecule has 1 fully saturated rings. The molecule has 5 nitrogen and oxygen atoms in total. The van der Waals surface area contributed by atoms with Crippen molar-refractivity contribution in [2.75, 3.05) is 24.5 Å². The van der Waals surface area contributed by atoms with E-state index in [-0.39, 0.29) is 10.6 Å². The highest BCUT2D eigenvalue weighted by molar-refractivity contribution is 9.10. The molecule has 0 spiro atoms. The Kier molecular flexibility index (Phi) is 4.42. The number of benzene rings is 1. The minimum Gasteiger partial charge on any atom is -0.370 e. The summed E-state index contributed by atoms with van der Waals surface area (Å²) >= 11 is 3.45. The Morgan fingerprint density at radius 1 is 1.58 bits per heavy atom. The van der Waals surface area contributed by atoms with Crippen molar-refractivity contribution in [1.29, 1.82) is 0 Å². The molecule has 6 heteroatoms. The molecule has 0 radical (unpaired) electrons. The monoisotopic (exact) mass is 327 g/mol. The lowest BCUT2D eigenvalue weighted by molar-refractivity contribution is -0.385. The summed E-state index contributed by atoms with van der Waals surface area (Å²) in [5.41, 5.74) is 7.62. The third-order valence-corrected chi connectivity index (χ3v) is 4.29. The molecule has 1 atom stereocenters. The SMILES string of the molecule is Cc1cc(N2CCCC(CN)C2)c(Br)cc1[N+](=O)[O-]. The zero-order valence-corrected chi connectivity index (χ0v) is 12.5. The summed E-state index contributed by atoms with van der Waals surface area (Å²) in [5, 5.41) is 10.9. The Morgan fingerprint density at radius 2 is 2.32 bits per heavy atom. The fraction of sp³-hybridized carbons (Fsp3) is 0.538. The maximum Gasteiger partial charge on any atom is 0.273 e. The molecule has 0 bridgehead atoms. The number of nitro benzene ring substituents is 1. The normalized spacial score (nSPS) is 19.5. The first-order chi connectivity index (χ1) is 9.02. The van der Waals surface area contributed by atoms with Crippen molar-refractivity contribution in [2.45, 2.75) is 19.8 Å². The first-order valence-corrected chi connectivity index (χ1v) is 7.21. The van der Waals surface area contributed by atoms with Crippen LogP contribution in [0.4, 0.5) is 11.4 Å². The number of hydrogen-bond donors (Lipinski definition) is 1. The van der Waals surface area contributed by atoms with E-state index in [1.807, 2.05) is 6.07 Å². The number of nitrogens with two attached hydrogens (primary N) is 1. The molecule has 1 aromatic carbocycles. The zero-order chi connectivity index (χ0) is 14.0. The van der Waals surface area contributed by atoms with Crippen LogP contribution in [0.2, 0.25) is 0 Å². The van der Waals surface area contributed by atoms with Gasteiger partial charge >= 0.3 is 0 Å². The Hall–Kier alpha value is -1.14. The van der Waals surface area contributed by atoms with Gasteiger partial charge in [-0.15, -0.1) is 0 Å². The van der Waals surface area contributed by atoms with E-state index in [0.29, 0.717) is 18.0 Å². The summed E-state index contributed by atoms with van der Waals surface area (Å²) in [4.78, 5) is 12.8. The summed E-state index contributed by atoms with van der Waals surface area (Å²) in [6.07, 6.45) is 2.28. The average molecular weight is 328 g/mol. The predicted octanol–water partition coefficient (Wildman–Crippen LogP) is 2.84. The minimum atomic E-state index is -0.344. The molecule has 1 aromatic rings. The van der Waals surface area contributed by atoms with Crippen molar-refractivity contribution < 1.29 is 4.92 Å². The number of aryl methyl sites for hydroxylation is 1. The smallest absolute Gasteiger partial charge is 0.273 e. The fourth-order valence-electron chi connectivity index (χ4n) is 2.57. The van der Waals surface area contributed by atoms with Crippen LogP contribution < -0.4 is 10.6 Å². The maximum atomic E-state index is 10.9. The molecule has 1 aliphatic rings. The molecule has 0 aromatic heterocycles. The van der Waals surface area contributed by atoms with Gasteiger partial charge in [-0.1, -0.05) is 0 Å². The first kappa shape index (κ1) is 14.3. The second-order valence-electron chi connectivity index (χ2n) is 5.04. The van der Waals surface area contributed by atoms with Gasteiger partial charge in [0.2, 0.25) is 0 Å². The van der Waals surface area contributed by atoms with Gasteiger partial charge < -0.3 is 10.6 Å². The summed E-state index contributed by atoms with van der Waals surface area (Å²) < 4.78 is 0.780. The van der Waals surface area contributed by atoms with Crippen molar-refractivity contribution >= 4 is 27.3 Å². The Bertz CT molecular complexity index is 493. The van der Waals surface area contributed by atoms with Crippen LogP contribution in [0, 0.1) is 23.0 Å². The lowest BCUT2D eigenvalue weighted by Crippen LogP contribution is -2.38. The molecule has 2 rings (SSSR count). The molecular formula is C13H18BrN3O2. The molecule has 1 saturated heterocycles. The summed E-state index contributed by atoms with van der Waals surface area (Å²) in [7, 11) is 0. The topological polar surface area (TPSA) is 72.4 Å². The van der Waals surface area contributed by atoms with Gasteiger partial charge in [0.1, 0.15) is 0 Å². The van der Waals surface area contributed by atoms with E-state index in [0.717, 1.165) is 36.1 Å². The predicted molar refractivity (Wildman–Crippen MR) is 79.5 cm³/mol. The van der Waals surface area contributed by atoms with E-state index in [2.05, 4.69) is 20.8 Å². The molecule has 19 heavy (non-hydrogen) atoms. The second-order valence-corrected chi connectivity index (χ2v) is 5.89. The lowest BCUT2D eigenvalue weighted by atomic mass is 9.97. The third kappa shape index (κ3) is 3.06. The van der Waals surface area contributed by atoms with Crippen molar-refractivity contribution in [3.8, 4) is 0 Å². The van der Waals surface area contributed by atoms with Gasteiger partial charge in [-0.2, -0.15) is 0 Å². The van der Waals surface area contributed by atoms with Gasteiger partial charge in [0.25, 0.3) is 5.69 Å². The van der Waals surface area contributed by atoms with Crippen LogP contribution in [0.15, 0.2) is 16.6 Å². The first-order valence-electron chi connectivity index (χ1n) is 6.42. The Balaban J connectivity index is 2.30. The van der Waals surface area contributed by atoms with Gasteiger partial charge in [-0.3, -0.25) is 10.1 Å². The number of anilines is 1. The van der Waals surface area contributed by atoms with E-state index < -0.39 is 0 Å². The number of rotatable bonds is 3. The van der Waals surface area contributed by atoms with E-state index in [1.54, 1.807) is 13.0 Å². The van der Waals surface area contributed by atoms with Crippen LogP contribution in [0.1, 0.15) is 18.4 Å². The second kappa shape index (κ2) is 5.88. The molecule has 0 amide bonds. The zero-order valence-electron chi connectivity index (χ0n) is 10.9. The van der Waals surface area contributed by atoms with Crippen molar-refractivity contribution in [3.05, 3.63) is 32.3 Å². The van der Waals surface area contributed by atoms with Gasteiger partial charge in [-0.25, -0.2) is 0 Å². The molecule has 2 N–H and O–H groups in total. The van der Waals surface area contributed by atoms with Gasteiger partial charge in [-0.05, 0) is 54.2 Å². The molecular weight excluding hydrogens is 310 g/mol. The largest absolute Gasteiger partial charge is 0.370 e. The molecule has 1 aliphatic heterocycles. The van der Waals surface area contributed by atoms with Crippen molar-refractivity contribution in [2.24, 2.45) is 11.7 Å². The van der Waals surface area contributed by atoms with E-state index in [9.17, 15) is 10.1 Å². The van der Waals surface area contributed by atoms with E-state index in [1.165, 1.54) is 0 Å². The average Bonchev–Trinajstić information content (AvgIpc) is 2.40. The number of nitrogens with zero attached hydrogens (tertiary/aromatic N) is 2. The molecule has 0 aliphatic carbocycles. The molecule has 104 valence electrons. The van der Waals surface area contributed by atoms with Gasteiger partial charge in [0, 0.05) is 29.2 Å². The van der Waals surface area contributed by atoms with E-state index in [4.69, 9.17) is 5.73 Å². The summed E-state index contributed by atoms with van der Waals surface area (Å²) in [5.74, 6) is 0.510. The highest BCUT2D eigenvalue weighted by Gasteiger charge is 2.22. The highest BCUT2D eigenvalue weighted by Crippen LogP contribution is 2.35. The Morgan fingerprint density at radius 3 is 2.95 bits per heavy atom. The molecule has 1 heterocycles. The number of hydrogen-bond acceptors (Lipinski definition) is 4. The number of halogens is 1. The van der Waals surface area contributed by atoms with Crippen molar-refractivity contribution in [1.82, 2.24) is 0 Å². The lowest BCUT2D eigenvalue weighted by Gasteiger charge is -2.34. The summed E-state index contributed by atoms with van der Waals surface area (Å²) in [6, 6.07) is 3.48. The van der Waals surface area contributed by atoms with Gasteiger partial charge in [0.15, 0.2) is 0 Å². The quantitative estimate of drug-likeness (QED) is 0.684. The number of piperidine rings is 1. The van der Waals surface area contributed by atoms with Gasteiger partial charge in [0.05, 0.1) is 10.6 Å². The maximum absolute atomic E-state index is 10.9. The standard InChI is InChI=1S/C13H18BrN3O2/c1-9-5-13(11(14)6-12(9)17(18)19)16-4-2-3-10(7-15)8-16/h5-6,10H,2-4,7-8,15H2,1H3. The van der Waals surface area contributed by atoms with Crippen LogP contribution in [-0.2, 0) is 0 Å². The van der Waals surface area contributed by atoms with Crippen LogP contribution in [0.3, 0.4) is 0 Å². The highest BCUT2D eigenvalue weighted by atomic mass is 79.9. The minimum absolute atomic E-state index is 0.156. The van der Waals surface area contributed by atoms with Crippen LogP contribution in [0.5, 0.6) is 0 Å². The van der Waals surface area contributed by atoms with Crippen molar-refractivity contribution in [3.63, 3.8) is 0 Å². The van der Waals surface area contributed by atoms with Crippen LogP contribution in [-0.4, -0.2) is 24.6 Å². The molecule has 0 saturated carbocycles. The Labute approximate surface area is 121 Å². The fourth-order valence-corrected chi connectivity index (χ4v) is 3.15. The third-order valence-electron chi connectivity index (χ3n) is 3.66. The van der Waals surface area contributed by atoms with Crippen LogP contribution in [0.25, 0.3) is 0 Å². The van der Waals surface area contributed by atoms with Crippen LogP contribution >= 0.6 is 15.9 Å². The number of nitro groups is 1.